The molecular weight excluding hydrogens is 190 g/mol. The summed E-state index contributed by atoms with van der Waals surface area (Å²) in [7, 11) is 1.74. The van der Waals surface area contributed by atoms with Gasteiger partial charge in [-0.15, -0.1) is 0 Å². The fourth-order valence-corrected chi connectivity index (χ4v) is 1.49. The molecule has 0 aromatic heterocycles. The molecule has 1 rings (SSSR count). The van der Waals surface area contributed by atoms with Gasteiger partial charge in [-0.25, -0.2) is 0 Å². The molecule has 1 fully saturated rings. The molecule has 1 amide bonds. The number of rotatable bonds is 3. The number of amides is 1. The lowest BCUT2D eigenvalue weighted by Gasteiger charge is -2.25. The Morgan fingerprint density at radius 2 is 2.27 bits per heavy atom. The van der Waals surface area contributed by atoms with Crippen LogP contribution in [0.15, 0.2) is 11.1 Å². The van der Waals surface area contributed by atoms with Crippen molar-refractivity contribution in [3.8, 4) is 6.07 Å². The van der Waals surface area contributed by atoms with Crippen LogP contribution in [0.2, 0.25) is 0 Å². The monoisotopic (exact) mass is 207 g/mol. The van der Waals surface area contributed by atoms with Crippen molar-refractivity contribution in [1.82, 2.24) is 10.2 Å². The zero-order valence-electron chi connectivity index (χ0n) is 9.50. The van der Waals surface area contributed by atoms with Crippen LogP contribution < -0.4 is 5.32 Å². The van der Waals surface area contributed by atoms with Gasteiger partial charge < -0.3 is 10.2 Å². The topological polar surface area (TPSA) is 56.1 Å². The second-order valence-corrected chi connectivity index (χ2v) is 4.05. The fourth-order valence-electron chi connectivity index (χ4n) is 1.49. The molecule has 1 saturated heterocycles. The molecule has 1 aliphatic rings. The van der Waals surface area contributed by atoms with Gasteiger partial charge in [0.2, 0.25) is 5.91 Å². The highest BCUT2D eigenvalue weighted by Crippen LogP contribution is 2.11. The van der Waals surface area contributed by atoms with Gasteiger partial charge in [-0.2, -0.15) is 5.26 Å². The molecule has 0 bridgehead atoms. The normalized spacial score (nSPS) is 16.3. The Hall–Kier alpha value is -1.34. The molecule has 0 aromatic carbocycles. The minimum atomic E-state index is -0.115. The zero-order chi connectivity index (χ0) is 11.4. The first-order chi connectivity index (χ1) is 7.06. The lowest BCUT2D eigenvalue weighted by molar-refractivity contribution is -0.126. The third kappa shape index (κ3) is 2.80. The summed E-state index contributed by atoms with van der Waals surface area (Å²) in [5.74, 6) is -0.0788. The Balaban J connectivity index is 2.57. The maximum Gasteiger partial charge on any atom is 0.249 e. The number of nitrogens with one attached hydrogen (secondary N) is 1. The van der Waals surface area contributed by atoms with Crippen molar-refractivity contribution in [2.45, 2.75) is 13.8 Å². The molecular formula is C11H17N3O. The number of hydrogen-bond acceptors (Lipinski definition) is 3. The van der Waals surface area contributed by atoms with Crippen LogP contribution in [0.1, 0.15) is 13.8 Å². The third-order valence-corrected chi connectivity index (χ3v) is 2.64. The van der Waals surface area contributed by atoms with E-state index in [0.29, 0.717) is 6.54 Å². The highest BCUT2D eigenvalue weighted by molar-refractivity contribution is 5.93. The number of carbonyl (C=O) groups is 1. The van der Waals surface area contributed by atoms with Crippen LogP contribution in [0.3, 0.4) is 0 Å². The Labute approximate surface area is 90.6 Å². The minimum absolute atomic E-state index is 0.0357. The van der Waals surface area contributed by atoms with Gasteiger partial charge in [0, 0.05) is 32.3 Å². The minimum Gasteiger partial charge on any atom is -0.341 e. The highest BCUT2D eigenvalue weighted by atomic mass is 16.2. The van der Waals surface area contributed by atoms with Crippen molar-refractivity contribution < 1.29 is 4.79 Å². The quantitative estimate of drug-likeness (QED) is 0.687. The molecule has 1 N–H and O–H groups in total. The van der Waals surface area contributed by atoms with E-state index in [1.165, 1.54) is 5.57 Å². The molecule has 0 radical (unpaired) electrons. The molecule has 1 aliphatic heterocycles. The molecule has 0 saturated carbocycles. The van der Waals surface area contributed by atoms with Gasteiger partial charge >= 0.3 is 0 Å². The predicted octanol–water partition coefficient (Wildman–Crippen LogP) is 0.524. The number of hydrogen-bond donors (Lipinski definition) is 1. The second kappa shape index (κ2) is 4.94. The van der Waals surface area contributed by atoms with Crippen molar-refractivity contribution in [3.63, 3.8) is 0 Å². The summed E-state index contributed by atoms with van der Waals surface area (Å²) < 4.78 is 0. The SMILES string of the molecule is CC(C(=O)N(C)CC(C)C#N)=C1CNC1. The number of nitriles is 1. The summed E-state index contributed by atoms with van der Waals surface area (Å²) >= 11 is 0. The second-order valence-electron chi connectivity index (χ2n) is 4.05. The number of likely N-dealkylation sites (N-methyl/N-ethyl adjacent to an activating group) is 1. The van der Waals surface area contributed by atoms with E-state index < -0.39 is 0 Å². The van der Waals surface area contributed by atoms with E-state index in [4.69, 9.17) is 5.26 Å². The van der Waals surface area contributed by atoms with Crippen LogP contribution >= 0.6 is 0 Å². The molecule has 15 heavy (non-hydrogen) atoms. The smallest absolute Gasteiger partial charge is 0.249 e. The van der Waals surface area contributed by atoms with E-state index >= 15 is 0 Å². The van der Waals surface area contributed by atoms with Crippen LogP contribution in [0.5, 0.6) is 0 Å². The van der Waals surface area contributed by atoms with Crippen LogP contribution in [0.4, 0.5) is 0 Å². The van der Waals surface area contributed by atoms with E-state index in [0.717, 1.165) is 18.7 Å². The van der Waals surface area contributed by atoms with E-state index in [1.807, 2.05) is 13.8 Å². The van der Waals surface area contributed by atoms with Crippen molar-refractivity contribution >= 4 is 5.91 Å². The van der Waals surface area contributed by atoms with Crippen LogP contribution in [-0.2, 0) is 4.79 Å². The summed E-state index contributed by atoms with van der Waals surface area (Å²) in [5.41, 5.74) is 2.00. The average molecular weight is 207 g/mol. The van der Waals surface area contributed by atoms with Gasteiger partial charge in [0.05, 0.1) is 12.0 Å². The lowest BCUT2D eigenvalue weighted by Crippen LogP contribution is -2.39. The highest BCUT2D eigenvalue weighted by Gasteiger charge is 2.19. The van der Waals surface area contributed by atoms with Crippen molar-refractivity contribution in [2.75, 3.05) is 26.7 Å². The molecule has 4 heteroatoms. The Bertz CT molecular complexity index is 321. The molecule has 1 unspecified atom stereocenters. The average Bonchev–Trinajstić information content (AvgIpc) is 2.13. The van der Waals surface area contributed by atoms with Gasteiger partial charge in [-0.05, 0) is 19.4 Å². The molecule has 1 heterocycles. The molecule has 0 aromatic rings. The van der Waals surface area contributed by atoms with Crippen molar-refractivity contribution in [3.05, 3.63) is 11.1 Å². The maximum atomic E-state index is 11.9. The van der Waals surface area contributed by atoms with Gasteiger partial charge in [-0.1, -0.05) is 0 Å². The first-order valence-corrected chi connectivity index (χ1v) is 5.10. The van der Waals surface area contributed by atoms with E-state index in [1.54, 1.807) is 11.9 Å². The Morgan fingerprint density at radius 3 is 2.67 bits per heavy atom. The van der Waals surface area contributed by atoms with Crippen LogP contribution in [0, 0.1) is 17.2 Å². The molecule has 1 atom stereocenters. The number of carbonyl (C=O) groups excluding carboxylic acids is 1. The predicted molar refractivity (Wildman–Crippen MR) is 58.0 cm³/mol. The number of nitrogens with zero attached hydrogens (tertiary/aromatic N) is 2. The molecule has 0 aliphatic carbocycles. The lowest BCUT2D eigenvalue weighted by atomic mass is 10.0. The standard InChI is InChI=1S/C11H17N3O/c1-8(4-12)7-14(3)11(15)9(2)10-5-13-6-10/h8,13H,5-7H2,1-3H3. The summed E-state index contributed by atoms with van der Waals surface area (Å²) in [6.45, 7) is 5.80. The van der Waals surface area contributed by atoms with Crippen molar-refractivity contribution in [2.24, 2.45) is 5.92 Å². The first kappa shape index (κ1) is 11.7. The van der Waals surface area contributed by atoms with Crippen LogP contribution in [0.25, 0.3) is 0 Å². The van der Waals surface area contributed by atoms with E-state index in [9.17, 15) is 4.79 Å². The van der Waals surface area contributed by atoms with Gasteiger partial charge in [0.25, 0.3) is 0 Å². The van der Waals surface area contributed by atoms with Gasteiger partial charge in [0.15, 0.2) is 0 Å². The van der Waals surface area contributed by atoms with E-state index in [-0.39, 0.29) is 11.8 Å². The van der Waals surface area contributed by atoms with E-state index in [2.05, 4.69) is 11.4 Å². The van der Waals surface area contributed by atoms with Crippen molar-refractivity contribution in [1.29, 1.82) is 5.26 Å². The van der Waals surface area contributed by atoms with Gasteiger partial charge in [0.1, 0.15) is 0 Å². The van der Waals surface area contributed by atoms with Gasteiger partial charge in [-0.3, -0.25) is 4.79 Å². The first-order valence-electron chi connectivity index (χ1n) is 5.10. The van der Waals surface area contributed by atoms with Crippen LogP contribution in [-0.4, -0.2) is 37.5 Å². The molecule has 0 spiro atoms. The zero-order valence-corrected chi connectivity index (χ0v) is 9.50. The fraction of sp³-hybridized carbons (Fsp3) is 0.636. The third-order valence-electron chi connectivity index (χ3n) is 2.64. The Morgan fingerprint density at radius 1 is 1.67 bits per heavy atom. The largest absolute Gasteiger partial charge is 0.341 e. The summed E-state index contributed by atoms with van der Waals surface area (Å²) in [6.07, 6.45) is 0. The summed E-state index contributed by atoms with van der Waals surface area (Å²) in [4.78, 5) is 13.5. The maximum absolute atomic E-state index is 11.9. The molecule has 82 valence electrons. The molecule has 4 nitrogen and oxygen atoms in total. The Kier molecular flexibility index (Phi) is 3.87. The summed E-state index contributed by atoms with van der Waals surface area (Å²) in [6, 6.07) is 2.12. The summed E-state index contributed by atoms with van der Waals surface area (Å²) in [5, 5.41) is 11.8.